The molecule has 102 valence electrons. The van der Waals surface area contributed by atoms with Gasteiger partial charge in [0.25, 0.3) is 0 Å². The molecule has 0 aliphatic carbocycles. The molecular formula is C12H13ClN2O3S. The first kappa shape index (κ1) is 14.3. The number of sulfonamides is 1. The zero-order chi connectivity index (χ0) is 13.9. The van der Waals surface area contributed by atoms with E-state index in [4.69, 9.17) is 21.6 Å². The van der Waals surface area contributed by atoms with Gasteiger partial charge in [0.05, 0.1) is 22.8 Å². The monoisotopic (exact) mass is 300 g/mol. The molecule has 1 aliphatic heterocycles. The van der Waals surface area contributed by atoms with Crippen LogP contribution >= 0.6 is 11.6 Å². The second-order valence-electron chi connectivity index (χ2n) is 4.24. The van der Waals surface area contributed by atoms with Crippen molar-refractivity contribution in [2.45, 2.75) is 23.8 Å². The molecule has 19 heavy (non-hydrogen) atoms. The van der Waals surface area contributed by atoms with Gasteiger partial charge in [-0.1, -0.05) is 11.6 Å². The van der Waals surface area contributed by atoms with Crippen LogP contribution in [-0.4, -0.2) is 27.7 Å². The average Bonchev–Trinajstić information content (AvgIpc) is 2.90. The minimum absolute atomic E-state index is 0.0776. The number of hydrogen-bond donors (Lipinski definition) is 1. The second-order valence-corrected chi connectivity index (χ2v) is 6.39. The Morgan fingerprint density at radius 2 is 2.32 bits per heavy atom. The van der Waals surface area contributed by atoms with Gasteiger partial charge in [0.1, 0.15) is 4.90 Å². The quantitative estimate of drug-likeness (QED) is 0.917. The van der Waals surface area contributed by atoms with Gasteiger partial charge in [-0.3, -0.25) is 0 Å². The summed E-state index contributed by atoms with van der Waals surface area (Å²) in [5, 5.41) is 8.89. The molecule has 7 heteroatoms. The van der Waals surface area contributed by atoms with Crippen LogP contribution < -0.4 is 4.72 Å². The molecule has 1 saturated heterocycles. The molecule has 1 atom stereocenters. The first-order valence-electron chi connectivity index (χ1n) is 5.84. The van der Waals surface area contributed by atoms with E-state index in [1.54, 1.807) is 0 Å². The van der Waals surface area contributed by atoms with Crippen molar-refractivity contribution in [2.75, 3.05) is 13.2 Å². The lowest BCUT2D eigenvalue weighted by Gasteiger charge is -2.12. The summed E-state index contributed by atoms with van der Waals surface area (Å²) in [6, 6.07) is 6.03. The molecule has 2 rings (SSSR count). The zero-order valence-corrected chi connectivity index (χ0v) is 11.7. The predicted molar refractivity (Wildman–Crippen MR) is 70.3 cm³/mol. The van der Waals surface area contributed by atoms with Crippen LogP contribution in [0, 0.1) is 11.3 Å². The van der Waals surface area contributed by atoms with Crippen LogP contribution in [0.5, 0.6) is 0 Å². The highest BCUT2D eigenvalue weighted by atomic mass is 35.5. The van der Waals surface area contributed by atoms with Crippen molar-refractivity contribution in [1.29, 1.82) is 5.26 Å². The summed E-state index contributed by atoms with van der Waals surface area (Å²) in [4.78, 5) is -0.0776. The minimum atomic E-state index is -3.72. The van der Waals surface area contributed by atoms with E-state index in [-0.39, 0.29) is 28.1 Å². The lowest BCUT2D eigenvalue weighted by atomic mass is 10.2. The third-order valence-corrected chi connectivity index (χ3v) is 4.78. The average molecular weight is 301 g/mol. The number of rotatable bonds is 4. The molecule has 0 saturated carbocycles. The number of hydrogen-bond acceptors (Lipinski definition) is 4. The normalized spacial score (nSPS) is 19.3. The van der Waals surface area contributed by atoms with Crippen LogP contribution in [0.25, 0.3) is 0 Å². The number of halogens is 1. The van der Waals surface area contributed by atoms with E-state index in [0.717, 1.165) is 12.8 Å². The third kappa shape index (κ3) is 3.45. The number of nitrogens with zero attached hydrogens (tertiary/aromatic N) is 1. The first-order chi connectivity index (χ1) is 9.03. The highest BCUT2D eigenvalue weighted by Crippen LogP contribution is 2.22. The second kappa shape index (κ2) is 5.88. The number of nitrogens with one attached hydrogen (secondary N) is 1. The highest BCUT2D eigenvalue weighted by molar-refractivity contribution is 7.89. The minimum Gasteiger partial charge on any atom is -0.377 e. The van der Waals surface area contributed by atoms with Crippen molar-refractivity contribution in [3.8, 4) is 6.07 Å². The van der Waals surface area contributed by atoms with E-state index in [1.165, 1.54) is 18.2 Å². The fourth-order valence-electron chi connectivity index (χ4n) is 1.86. The van der Waals surface area contributed by atoms with E-state index >= 15 is 0 Å². The van der Waals surface area contributed by atoms with E-state index in [1.807, 2.05) is 6.07 Å². The van der Waals surface area contributed by atoms with Gasteiger partial charge in [-0.2, -0.15) is 5.26 Å². The summed E-state index contributed by atoms with van der Waals surface area (Å²) in [6.45, 7) is 0.881. The first-order valence-corrected chi connectivity index (χ1v) is 7.70. The molecule has 1 N–H and O–H groups in total. The number of nitriles is 1. The van der Waals surface area contributed by atoms with Crippen molar-refractivity contribution in [3.05, 3.63) is 28.8 Å². The zero-order valence-electron chi connectivity index (χ0n) is 10.1. The Labute approximate surface area is 117 Å². The predicted octanol–water partition coefficient (Wildman–Crippen LogP) is 1.67. The Kier molecular flexibility index (Phi) is 4.42. The van der Waals surface area contributed by atoms with Crippen LogP contribution in [-0.2, 0) is 14.8 Å². The largest absolute Gasteiger partial charge is 0.377 e. The third-order valence-electron chi connectivity index (χ3n) is 2.87. The van der Waals surface area contributed by atoms with Gasteiger partial charge in [-0.25, -0.2) is 13.1 Å². The van der Waals surface area contributed by atoms with E-state index in [9.17, 15) is 8.42 Å². The SMILES string of the molecule is N#Cc1ccc(Cl)c(S(=O)(=O)NCC2CCCO2)c1. The Hall–Kier alpha value is -1.13. The summed E-state index contributed by atoms with van der Waals surface area (Å²) in [5.74, 6) is 0. The molecule has 1 aromatic carbocycles. The van der Waals surface area contributed by atoms with Crippen molar-refractivity contribution in [3.63, 3.8) is 0 Å². The Morgan fingerprint density at radius 3 is 2.95 bits per heavy atom. The van der Waals surface area contributed by atoms with Crippen molar-refractivity contribution < 1.29 is 13.2 Å². The van der Waals surface area contributed by atoms with E-state index in [2.05, 4.69) is 4.72 Å². The molecule has 0 spiro atoms. The summed E-state index contributed by atoms with van der Waals surface area (Å²) in [5.41, 5.74) is 0.252. The highest BCUT2D eigenvalue weighted by Gasteiger charge is 2.22. The van der Waals surface area contributed by atoms with Crippen LogP contribution in [0.1, 0.15) is 18.4 Å². The molecule has 0 bridgehead atoms. The Balaban J connectivity index is 2.16. The maximum atomic E-state index is 12.1. The molecule has 1 unspecified atom stereocenters. The number of ether oxygens (including phenoxy) is 1. The van der Waals surface area contributed by atoms with Crippen LogP contribution in [0.2, 0.25) is 5.02 Å². The maximum absolute atomic E-state index is 12.1. The van der Waals surface area contributed by atoms with Gasteiger partial charge in [0, 0.05) is 13.2 Å². The van der Waals surface area contributed by atoms with E-state index < -0.39 is 10.0 Å². The molecule has 1 fully saturated rings. The van der Waals surface area contributed by atoms with Gasteiger partial charge in [0.15, 0.2) is 0 Å². The summed E-state index contributed by atoms with van der Waals surface area (Å²) in [7, 11) is -3.72. The molecule has 1 aromatic rings. The molecule has 0 amide bonds. The fraction of sp³-hybridized carbons (Fsp3) is 0.417. The van der Waals surface area contributed by atoms with Gasteiger partial charge in [-0.05, 0) is 31.0 Å². The summed E-state index contributed by atoms with van der Waals surface area (Å²) < 4.78 is 32.0. The van der Waals surface area contributed by atoms with Gasteiger partial charge in [-0.15, -0.1) is 0 Å². The molecule has 5 nitrogen and oxygen atoms in total. The Morgan fingerprint density at radius 1 is 1.53 bits per heavy atom. The smallest absolute Gasteiger partial charge is 0.242 e. The van der Waals surface area contributed by atoms with Crippen molar-refractivity contribution >= 4 is 21.6 Å². The van der Waals surface area contributed by atoms with Gasteiger partial charge in [0.2, 0.25) is 10.0 Å². The van der Waals surface area contributed by atoms with Gasteiger partial charge < -0.3 is 4.74 Å². The lowest BCUT2D eigenvalue weighted by molar-refractivity contribution is 0.114. The number of benzene rings is 1. The standard InChI is InChI=1S/C12H13ClN2O3S/c13-11-4-3-9(7-14)6-12(11)19(16,17)15-8-10-2-1-5-18-10/h3-4,6,10,15H,1-2,5,8H2. The molecule has 1 aliphatic rings. The Bertz CT molecular complexity index is 604. The molecule has 0 radical (unpaired) electrons. The van der Waals surface area contributed by atoms with Gasteiger partial charge >= 0.3 is 0 Å². The van der Waals surface area contributed by atoms with Crippen LogP contribution in [0.4, 0.5) is 0 Å². The molecule has 0 aromatic heterocycles. The fourth-order valence-corrected chi connectivity index (χ4v) is 3.45. The summed E-state index contributed by atoms with van der Waals surface area (Å²) >= 11 is 5.87. The summed E-state index contributed by atoms with van der Waals surface area (Å²) in [6.07, 6.45) is 1.69. The van der Waals surface area contributed by atoms with Crippen LogP contribution in [0.3, 0.4) is 0 Å². The lowest BCUT2D eigenvalue weighted by Crippen LogP contribution is -2.32. The molecular weight excluding hydrogens is 288 g/mol. The molecule has 1 heterocycles. The van der Waals surface area contributed by atoms with Crippen molar-refractivity contribution in [2.24, 2.45) is 0 Å². The van der Waals surface area contributed by atoms with Crippen molar-refractivity contribution in [1.82, 2.24) is 4.72 Å². The van der Waals surface area contributed by atoms with E-state index in [0.29, 0.717) is 6.61 Å². The topological polar surface area (TPSA) is 79.2 Å². The maximum Gasteiger partial charge on any atom is 0.242 e. The van der Waals surface area contributed by atoms with Crippen LogP contribution in [0.15, 0.2) is 23.1 Å².